The Hall–Kier alpha value is -0.530. The zero-order valence-electron chi connectivity index (χ0n) is 10.1. The Morgan fingerprint density at radius 1 is 0.933 bits per heavy atom. The predicted octanol–water partition coefficient (Wildman–Crippen LogP) is 4.38. The molecule has 0 heterocycles. The standard InChI is InChI=1S/C10H20O2.C3H6/c1-2-3-4-5-6-7-8-9-10(11)12;1-2-3-1/h2-9H2,1H3,(H,11,12);1-3H2. The molecule has 1 saturated carbocycles. The Labute approximate surface area is 94.1 Å². The van der Waals surface area contributed by atoms with Crippen LogP contribution in [0.15, 0.2) is 0 Å². The highest BCUT2D eigenvalue weighted by Gasteiger charge is 1.95. The number of rotatable bonds is 8. The monoisotopic (exact) mass is 214 g/mol. The third-order valence-electron chi connectivity index (χ3n) is 2.35. The topological polar surface area (TPSA) is 37.3 Å². The van der Waals surface area contributed by atoms with Crippen LogP contribution in [0, 0.1) is 0 Å². The third-order valence-corrected chi connectivity index (χ3v) is 2.35. The molecular formula is C13H26O2. The summed E-state index contributed by atoms with van der Waals surface area (Å²) in [7, 11) is 0. The van der Waals surface area contributed by atoms with E-state index in [0.717, 1.165) is 12.8 Å². The number of carboxylic acids is 1. The second-order valence-corrected chi connectivity index (χ2v) is 4.33. The van der Waals surface area contributed by atoms with Gasteiger partial charge in [-0.1, -0.05) is 64.7 Å². The number of carboxylic acid groups (broad SMARTS) is 1. The van der Waals surface area contributed by atoms with Gasteiger partial charge < -0.3 is 5.11 Å². The minimum Gasteiger partial charge on any atom is -0.481 e. The van der Waals surface area contributed by atoms with Crippen LogP contribution < -0.4 is 0 Å². The molecular weight excluding hydrogens is 188 g/mol. The molecule has 1 rings (SSSR count). The van der Waals surface area contributed by atoms with Crippen LogP contribution in [0.1, 0.15) is 77.6 Å². The van der Waals surface area contributed by atoms with Gasteiger partial charge in [0.1, 0.15) is 0 Å². The molecule has 1 fully saturated rings. The van der Waals surface area contributed by atoms with Gasteiger partial charge in [-0.3, -0.25) is 4.79 Å². The summed E-state index contributed by atoms with van der Waals surface area (Å²) in [5, 5.41) is 8.35. The Morgan fingerprint density at radius 2 is 1.40 bits per heavy atom. The smallest absolute Gasteiger partial charge is 0.303 e. The quantitative estimate of drug-likeness (QED) is 0.609. The van der Waals surface area contributed by atoms with E-state index < -0.39 is 5.97 Å². The Morgan fingerprint density at radius 3 is 1.80 bits per heavy atom. The van der Waals surface area contributed by atoms with E-state index in [9.17, 15) is 4.79 Å². The van der Waals surface area contributed by atoms with E-state index in [2.05, 4.69) is 6.92 Å². The number of hydrogen-bond donors (Lipinski definition) is 1. The molecule has 0 atom stereocenters. The van der Waals surface area contributed by atoms with Gasteiger partial charge in [0.25, 0.3) is 0 Å². The summed E-state index contributed by atoms with van der Waals surface area (Å²) in [5.41, 5.74) is 0. The van der Waals surface area contributed by atoms with Gasteiger partial charge in [0.15, 0.2) is 0 Å². The average molecular weight is 214 g/mol. The highest BCUT2D eigenvalue weighted by Crippen LogP contribution is 2.14. The van der Waals surface area contributed by atoms with E-state index in [1.54, 1.807) is 0 Å². The van der Waals surface area contributed by atoms with Gasteiger partial charge in [0.2, 0.25) is 0 Å². The molecule has 0 radical (unpaired) electrons. The molecule has 1 N–H and O–H groups in total. The van der Waals surface area contributed by atoms with E-state index in [4.69, 9.17) is 5.11 Å². The molecule has 0 bridgehead atoms. The van der Waals surface area contributed by atoms with E-state index in [-0.39, 0.29) is 0 Å². The van der Waals surface area contributed by atoms with Crippen LogP contribution >= 0.6 is 0 Å². The molecule has 90 valence electrons. The minimum atomic E-state index is -0.663. The van der Waals surface area contributed by atoms with Crippen molar-refractivity contribution in [3.63, 3.8) is 0 Å². The minimum absolute atomic E-state index is 0.341. The van der Waals surface area contributed by atoms with Crippen molar-refractivity contribution in [3.05, 3.63) is 0 Å². The fraction of sp³-hybridized carbons (Fsp3) is 0.923. The van der Waals surface area contributed by atoms with Gasteiger partial charge in [0.05, 0.1) is 0 Å². The number of hydrogen-bond acceptors (Lipinski definition) is 1. The Bertz CT molecular complexity index is 139. The lowest BCUT2D eigenvalue weighted by atomic mass is 10.1. The molecule has 0 spiro atoms. The molecule has 15 heavy (non-hydrogen) atoms. The zero-order valence-corrected chi connectivity index (χ0v) is 10.1. The van der Waals surface area contributed by atoms with Crippen molar-refractivity contribution in [1.29, 1.82) is 0 Å². The maximum absolute atomic E-state index is 10.1. The molecule has 0 aromatic heterocycles. The molecule has 0 saturated heterocycles. The first kappa shape index (κ1) is 14.5. The van der Waals surface area contributed by atoms with E-state index in [1.165, 1.54) is 51.4 Å². The van der Waals surface area contributed by atoms with E-state index >= 15 is 0 Å². The summed E-state index contributed by atoms with van der Waals surface area (Å²) in [5.74, 6) is -0.663. The lowest BCUT2D eigenvalue weighted by Gasteiger charge is -1.98. The van der Waals surface area contributed by atoms with Crippen LogP contribution in [0.25, 0.3) is 0 Å². The summed E-state index contributed by atoms with van der Waals surface area (Å²) in [6.07, 6.45) is 13.1. The fourth-order valence-electron chi connectivity index (χ4n) is 1.23. The largest absolute Gasteiger partial charge is 0.481 e. The normalized spacial score (nSPS) is 12.9. The van der Waals surface area contributed by atoms with Gasteiger partial charge in [-0.2, -0.15) is 0 Å². The summed E-state index contributed by atoms with van der Waals surface area (Å²) >= 11 is 0. The van der Waals surface area contributed by atoms with Gasteiger partial charge in [-0.25, -0.2) is 0 Å². The van der Waals surface area contributed by atoms with Crippen molar-refractivity contribution in [2.45, 2.75) is 77.6 Å². The Kier molecular flexibility index (Phi) is 11.1. The third kappa shape index (κ3) is 19.8. The van der Waals surface area contributed by atoms with Gasteiger partial charge in [0, 0.05) is 6.42 Å². The van der Waals surface area contributed by atoms with Crippen LogP contribution in [0.5, 0.6) is 0 Å². The highest BCUT2D eigenvalue weighted by molar-refractivity contribution is 5.66. The fourth-order valence-corrected chi connectivity index (χ4v) is 1.23. The average Bonchev–Trinajstić information content (AvgIpc) is 3.03. The van der Waals surface area contributed by atoms with Crippen molar-refractivity contribution in [1.82, 2.24) is 0 Å². The maximum atomic E-state index is 10.1. The highest BCUT2D eigenvalue weighted by atomic mass is 16.4. The van der Waals surface area contributed by atoms with E-state index in [1.807, 2.05) is 0 Å². The van der Waals surface area contributed by atoms with Crippen molar-refractivity contribution < 1.29 is 9.90 Å². The van der Waals surface area contributed by atoms with Crippen LogP contribution in [0.2, 0.25) is 0 Å². The second kappa shape index (κ2) is 11.5. The summed E-state index contributed by atoms with van der Waals surface area (Å²) < 4.78 is 0. The van der Waals surface area contributed by atoms with Crippen molar-refractivity contribution in [3.8, 4) is 0 Å². The summed E-state index contributed by atoms with van der Waals surface area (Å²) in [4.78, 5) is 10.1. The number of carbonyl (C=O) groups is 1. The second-order valence-electron chi connectivity index (χ2n) is 4.33. The van der Waals surface area contributed by atoms with Gasteiger partial charge in [-0.05, 0) is 6.42 Å². The molecule has 1 aliphatic carbocycles. The zero-order chi connectivity index (χ0) is 11.4. The molecule has 0 amide bonds. The molecule has 0 aromatic carbocycles. The molecule has 0 aliphatic heterocycles. The van der Waals surface area contributed by atoms with Crippen LogP contribution in [-0.4, -0.2) is 11.1 Å². The lowest BCUT2D eigenvalue weighted by Crippen LogP contribution is -1.93. The SMILES string of the molecule is C1CC1.CCCCCCCCCC(=O)O. The summed E-state index contributed by atoms with van der Waals surface area (Å²) in [6.45, 7) is 2.20. The molecule has 1 aliphatic rings. The molecule has 0 aromatic rings. The predicted molar refractivity (Wildman–Crippen MR) is 64.1 cm³/mol. The maximum Gasteiger partial charge on any atom is 0.303 e. The van der Waals surface area contributed by atoms with Crippen LogP contribution in [0.3, 0.4) is 0 Å². The molecule has 2 heteroatoms. The van der Waals surface area contributed by atoms with Crippen LogP contribution in [0.4, 0.5) is 0 Å². The van der Waals surface area contributed by atoms with Crippen molar-refractivity contribution >= 4 is 5.97 Å². The molecule has 2 nitrogen and oxygen atoms in total. The van der Waals surface area contributed by atoms with Crippen molar-refractivity contribution in [2.24, 2.45) is 0 Å². The Balaban J connectivity index is 0.000000548. The number of aliphatic carboxylic acids is 1. The summed E-state index contributed by atoms with van der Waals surface area (Å²) in [6, 6.07) is 0. The first-order chi connectivity index (χ1) is 7.27. The van der Waals surface area contributed by atoms with Crippen molar-refractivity contribution in [2.75, 3.05) is 0 Å². The first-order valence-corrected chi connectivity index (χ1v) is 6.49. The first-order valence-electron chi connectivity index (χ1n) is 6.49. The van der Waals surface area contributed by atoms with Gasteiger partial charge >= 0.3 is 5.97 Å². The number of unbranched alkanes of at least 4 members (excludes halogenated alkanes) is 6. The lowest BCUT2D eigenvalue weighted by molar-refractivity contribution is -0.137. The molecule has 0 unspecified atom stereocenters. The van der Waals surface area contributed by atoms with Gasteiger partial charge in [-0.15, -0.1) is 0 Å². The van der Waals surface area contributed by atoms with E-state index in [0.29, 0.717) is 6.42 Å². The van der Waals surface area contributed by atoms with Crippen LogP contribution in [-0.2, 0) is 4.79 Å².